The Balaban J connectivity index is 1.99. The average Bonchev–Trinajstić information content (AvgIpc) is 3.09. The van der Waals surface area contributed by atoms with E-state index in [1.807, 2.05) is 17.5 Å². The van der Waals surface area contributed by atoms with Gasteiger partial charge in [0.05, 0.1) is 22.4 Å². The SMILES string of the molecule is CCCn1ncc(Br)c1C(NC)C1CCCc2sccc21. The number of hydrogen-bond donors (Lipinski definition) is 1. The number of aryl methyl sites for hydroxylation is 2. The zero-order chi connectivity index (χ0) is 14.8. The lowest BCUT2D eigenvalue weighted by Crippen LogP contribution is -2.28. The molecule has 0 radical (unpaired) electrons. The Labute approximate surface area is 138 Å². The highest BCUT2D eigenvalue weighted by Gasteiger charge is 2.32. The van der Waals surface area contributed by atoms with Gasteiger partial charge in [-0.15, -0.1) is 11.3 Å². The van der Waals surface area contributed by atoms with Crippen molar-refractivity contribution in [3.05, 3.63) is 38.3 Å². The van der Waals surface area contributed by atoms with E-state index in [1.54, 1.807) is 10.4 Å². The summed E-state index contributed by atoms with van der Waals surface area (Å²) >= 11 is 5.62. The van der Waals surface area contributed by atoms with Gasteiger partial charge in [-0.2, -0.15) is 5.10 Å². The van der Waals surface area contributed by atoms with E-state index in [4.69, 9.17) is 0 Å². The van der Waals surface area contributed by atoms with Gasteiger partial charge in [-0.05, 0) is 65.7 Å². The lowest BCUT2D eigenvalue weighted by molar-refractivity contribution is 0.396. The van der Waals surface area contributed by atoms with Crippen molar-refractivity contribution in [2.24, 2.45) is 0 Å². The van der Waals surface area contributed by atoms with Crippen molar-refractivity contribution in [3.63, 3.8) is 0 Å². The fourth-order valence-corrected chi connectivity index (χ4v) is 5.01. The Morgan fingerprint density at radius 1 is 1.57 bits per heavy atom. The van der Waals surface area contributed by atoms with Crippen LogP contribution in [0.3, 0.4) is 0 Å². The monoisotopic (exact) mass is 367 g/mol. The van der Waals surface area contributed by atoms with Crippen LogP contribution in [0.5, 0.6) is 0 Å². The number of nitrogens with zero attached hydrogens (tertiary/aromatic N) is 2. The number of halogens is 1. The third-order valence-electron chi connectivity index (χ3n) is 4.37. The van der Waals surface area contributed by atoms with Crippen LogP contribution < -0.4 is 5.32 Å². The molecule has 1 aliphatic rings. The number of aromatic nitrogens is 2. The quantitative estimate of drug-likeness (QED) is 0.842. The summed E-state index contributed by atoms with van der Waals surface area (Å²) in [5.41, 5.74) is 2.84. The molecule has 2 aromatic heterocycles. The average molecular weight is 368 g/mol. The van der Waals surface area contributed by atoms with Crippen LogP contribution >= 0.6 is 27.3 Å². The molecule has 2 atom stereocenters. The highest BCUT2D eigenvalue weighted by atomic mass is 79.9. The predicted molar refractivity (Wildman–Crippen MR) is 92.0 cm³/mol. The zero-order valence-corrected chi connectivity index (χ0v) is 15.0. The van der Waals surface area contributed by atoms with Crippen LogP contribution in [0.4, 0.5) is 0 Å². The van der Waals surface area contributed by atoms with Crippen molar-refractivity contribution >= 4 is 27.3 Å². The molecule has 1 N–H and O–H groups in total. The van der Waals surface area contributed by atoms with E-state index >= 15 is 0 Å². The molecule has 0 spiro atoms. The standard InChI is InChI=1S/C16H22BrN3S/c1-3-8-20-16(13(17)10-19-20)15(18-2)12-5-4-6-14-11(12)7-9-21-14/h7,9-10,12,15,18H,3-6,8H2,1-2H3. The second kappa shape index (κ2) is 6.63. The molecule has 3 nitrogen and oxygen atoms in total. The summed E-state index contributed by atoms with van der Waals surface area (Å²) in [7, 11) is 2.07. The summed E-state index contributed by atoms with van der Waals surface area (Å²) in [4.78, 5) is 1.57. The number of thiophene rings is 1. The molecule has 114 valence electrons. The van der Waals surface area contributed by atoms with Crippen molar-refractivity contribution in [3.8, 4) is 0 Å². The Bertz CT molecular complexity index is 604. The molecule has 2 aromatic rings. The van der Waals surface area contributed by atoms with E-state index in [1.165, 1.54) is 25.0 Å². The second-order valence-electron chi connectivity index (χ2n) is 5.67. The molecule has 1 aliphatic carbocycles. The number of fused-ring (bicyclic) bond motifs is 1. The van der Waals surface area contributed by atoms with Gasteiger partial charge in [0.15, 0.2) is 0 Å². The minimum absolute atomic E-state index is 0.321. The first kappa shape index (κ1) is 15.3. The fourth-order valence-electron chi connectivity index (χ4n) is 3.47. The van der Waals surface area contributed by atoms with Crippen molar-refractivity contribution in [1.29, 1.82) is 0 Å². The molecule has 2 heterocycles. The third-order valence-corrected chi connectivity index (χ3v) is 5.98. The highest BCUT2D eigenvalue weighted by molar-refractivity contribution is 9.10. The number of nitrogens with one attached hydrogen (secondary N) is 1. The molecule has 2 unspecified atom stereocenters. The third kappa shape index (κ3) is 2.83. The summed E-state index contributed by atoms with van der Waals surface area (Å²) in [5.74, 6) is 0.550. The van der Waals surface area contributed by atoms with Crippen molar-refractivity contribution in [1.82, 2.24) is 15.1 Å². The molecule has 0 fully saturated rings. The van der Waals surface area contributed by atoms with Crippen LogP contribution in [0, 0.1) is 0 Å². The molecule has 0 aliphatic heterocycles. The Hall–Kier alpha value is -0.650. The van der Waals surface area contributed by atoms with Crippen molar-refractivity contribution in [2.45, 2.75) is 51.1 Å². The van der Waals surface area contributed by atoms with E-state index in [2.05, 4.69) is 56.4 Å². The summed E-state index contributed by atoms with van der Waals surface area (Å²) in [5, 5.41) is 10.3. The van der Waals surface area contributed by atoms with Gasteiger partial charge >= 0.3 is 0 Å². The van der Waals surface area contributed by atoms with Gasteiger partial charge in [0.1, 0.15) is 0 Å². The lowest BCUT2D eigenvalue weighted by atomic mass is 9.81. The van der Waals surface area contributed by atoms with Gasteiger partial charge in [0.2, 0.25) is 0 Å². The van der Waals surface area contributed by atoms with E-state index in [9.17, 15) is 0 Å². The van der Waals surface area contributed by atoms with Gasteiger partial charge in [-0.25, -0.2) is 0 Å². The maximum absolute atomic E-state index is 4.55. The van der Waals surface area contributed by atoms with E-state index in [-0.39, 0.29) is 0 Å². The van der Waals surface area contributed by atoms with Gasteiger partial charge in [-0.3, -0.25) is 4.68 Å². The van der Waals surface area contributed by atoms with Gasteiger partial charge in [-0.1, -0.05) is 6.92 Å². The maximum Gasteiger partial charge on any atom is 0.0701 e. The zero-order valence-electron chi connectivity index (χ0n) is 12.6. The molecule has 3 rings (SSSR count). The topological polar surface area (TPSA) is 29.9 Å². The molecular weight excluding hydrogens is 346 g/mol. The van der Waals surface area contributed by atoms with Gasteiger partial charge in [0.25, 0.3) is 0 Å². The summed E-state index contributed by atoms with van der Waals surface area (Å²) in [6.07, 6.45) is 6.82. The second-order valence-corrected chi connectivity index (χ2v) is 7.52. The number of likely N-dealkylation sites (N-methyl/N-ethyl adjacent to an activating group) is 1. The molecule has 0 bridgehead atoms. The normalized spacial score (nSPS) is 19.5. The lowest BCUT2D eigenvalue weighted by Gasteiger charge is -2.31. The Morgan fingerprint density at radius 2 is 2.43 bits per heavy atom. The first-order chi connectivity index (χ1) is 10.3. The first-order valence-corrected chi connectivity index (χ1v) is 9.38. The predicted octanol–water partition coefficient (Wildman–Crippen LogP) is 4.50. The highest BCUT2D eigenvalue weighted by Crippen LogP contribution is 2.43. The fraction of sp³-hybridized carbons (Fsp3) is 0.562. The molecule has 0 amide bonds. The molecule has 0 saturated heterocycles. The minimum Gasteiger partial charge on any atom is -0.311 e. The molecular formula is C16H22BrN3S. The smallest absolute Gasteiger partial charge is 0.0701 e. The molecule has 0 aromatic carbocycles. The van der Waals surface area contributed by atoms with Crippen LogP contribution in [0.25, 0.3) is 0 Å². The summed E-state index contributed by atoms with van der Waals surface area (Å²) in [6, 6.07) is 2.64. The Kier molecular flexibility index (Phi) is 4.82. The number of rotatable bonds is 5. The van der Waals surface area contributed by atoms with Crippen molar-refractivity contribution < 1.29 is 0 Å². The molecule has 21 heavy (non-hydrogen) atoms. The van der Waals surface area contributed by atoms with Crippen LogP contribution in [0.2, 0.25) is 0 Å². The Morgan fingerprint density at radius 3 is 3.19 bits per heavy atom. The molecule has 5 heteroatoms. The molecule has 0 saturated carbocycles. The van der Waals surface area contributed by atoms with Crippen LogP contribution in [-0.4, -0.2) is 16.8 Å². The van der Waals surface area contributed by atoms with E-state index in [0.29, 0.717) is 12.0 Å². The largest absolute Gasteiger partial charge is 0.311 e. The summed E-state index contributed by atoms with van der Waals surface area (Å²) < 4.78 is 3.28. The van der Waals surface area contributed by atoms with Gasteiger partial charge < -0.3 is 5.32 Å². The first-order valence-electron chi connectivity index (χ1n) is 7.71. The van der Waals surface area contributed by atoms with E-state index in [0.717, 1.165) is 17.4 Å². The minimum atomic E-state index is 0.321. The summed E-state index contributed by atoms with van der Waals surface area (Å²) in [6.45, 7) is 3.17. The van der Waals surface area contributed by atoms with Crippen molar-refractivity contribution in [2.75, 3.05) is 7.05 Å². The van der Waals surface area contributed by atoms with Gasteiger partial charge in [0, 0.05) is 17.3 Å². The number of hydrogen-bond acceptors (Lipinski definition) is 3. The maximum atomic E-state index is 4.55. The van der Waals surface area contributed by atoms with Crippen LogP contribution in [0.1, 0.15) is 54.3 Å². The van der Waals surface area contributed by atoms with E-state index < -0.39 is 0 Å². The van der Waals surface area contributed by atoms with Crippen LogP contribution in [0.15, 0.2) is 22.1 Å². The van der Waals surface area contributed by atoms with Crippen LogP contribution in [-0.2, 0) is 13.0 Å².